The fourth-order valence-corrected chi connectivity index (χ4v) is 1.80. The Kier molecular flexibility index (Phi) is 4.87. The Balaban J connectivity index is 1.86. The minimum atomic E-state index is -0.173. The Morgan fingerprint density at radius 2 is 2.05 bits per heavy atom. The summed E-state index contributed by atoms with van der Waals surface area (Å²) in [6, 6.07) is 5.36. The lowest BCUT2D eigenvalue weighted by atomic mass is 10.1. The highest BCUT2D eigenvalue weighted by molar-refractivity contribution is 5.11. The number of aromatic nitrogens is 3. The molecule has 0 radical (unpaired) electrons. The first kappa shape index (κ1) is 14.2. The normalized spacial score (nSPS) is 10.8. The largest absolute Gasteiger partial charge is 0.477 e. The third kappa shape index (κ3) is 4.19. The van der Waals surface area contributed by atoms with E-state index in [0.717, 1.165) is 12.8 Å². The summed E-state index contributed by atoms with van der Waals surface area (Å²) < 4.78 is 5.55. The lowest BCUT2D eigenvalue weighted by Crippen LogP contribution is -2.13. The predicted octanol–water partition coefficient (Wildman–Crippen LogP) is 2.30. The number of H-pyrrole nitrogens is 1. The Morgan fingerprint density at radius 3 is 2.75 bits per heavy atom. The van der Waals surface area contributed by atoms with Gasteiger partial charge in [-0.3, -0.25) is 9.78 Å². The standard InChI is InChI=1S/C15H19N3O2/c1-11(2)15-17-13(19)10-14(18-15)20-9-3-4-12-5-7-16-8-6-12/h5-8,10-11H,3-4,9H2,1-2H3,(H,17,18,19). The van der Waals surface area contributed by atoms with Gasteiger partial charge in [0, 0.05) is 18.3 Å². The summed E-state index contributed by atoms with van der Waals surface area (Å²) in [6.07, 6.45) is 5.35. The van der Waals surface area contributed by atoms with Crippen LogP contribution in [0.15, 0.2) is 35.4 Å². The van der Waals surface area contributed by atoms with Crippen LogP contribution in [0, 0.1) is 0 Å². The molecule has 0 unspecified atom stereocenters. The second kappa shape index (κ2) is 6.84. The van der Waals surface area contributed by atoms with Crippen molar-refractivity contribution in [2.24, 2.45) is 0 Å². The monoisotopic (exact) mass is 273 g/mol. The van der Waals surface area contributed by atoms with Crippen LogP contribution in [0.2, 0.25) is 0 Å². The number of aromatic amines is 1. The first-order valence-electron chi connectivity index (χ1n) is 6.78. The lowest BCUT2D eigenvalue weighted by Gasteiger charge is -2.08. The molecule has 5 heteroatoms. The van der Waals surface area contributed by atoms with Crippen LogP contribution in [0.25, 0.3) is 0 Å². The molecule has 2 aromatic rings. The Morgan fingerprint density at radius 1 is 1.30 bits per heavy atom. The van der Waals surface area contributed by atoms with E-state index in [0.29, 0.717) is 18.3 Å². The summed E-state index contributed by atoms with van der Waals surface area (Å²) >= 11 is 0. The van der Waals surface area contributed by atoms with Gasteiger partial charge in [0.05, 0.1) is 12.7 Å². The third-order valence-electron chi connectivity index (χ3n) is 2.89. The highest BCUT2D eigenvalue weighted by Crippen LogP contribution is 2.11. The lowest BCUT2D eigenvalue weighted by molar-refractivity contribution is 0.296. The molecular weight excluding hydrogens is 254 g/mol. The highest BCUT2D eigenvalue weighted by atomic mass is 16.5. The van der Waals surface area contributed by atoms with E-state index in [1.807, 2.05) is 26.0 Å². The number of hydrogen-bond donors (Lipinski definition) is 1. The van der Waals surface area contributed by atoms with Crippen molar-refractivity contribution in [3.63, 3.8) is 0 Å². The zero-order chi connectivity index (χ0) is 14.4. The fourth-order valence-electron chi connectivity index (χ4n) is 1.80. The van der Waals surface area contributed by atoms with Gasteiger partial charge < -0.3 is 9.72 Å². The molecule has 1 N–H and O–H groups in total. The van der Waals surface area contributed by atoms with Crippen LogP contribution in [0.4, 0.5) is 0 Å². The van der Waals surface area contributed by atoms with Crippen molar-refractivity contribution < 1.29 is 4.74 Å². The van der Waals surface area contributed by atoms with E-state index < -0.39 is 0 Å². The summed E-state index contributed by atoms with van der Waals surface area (Å²) in [6.45, 7) is 4.49. The topological polar surface area (TPSA) is 67.9 Å². The first-order valence-corrected chi connectivity index (χ1v) is 6.78. The van der Waals surface area contributed by atoms with E-state index in [2.05, 4.69) is 15.0 Å². The molecule has 106 valence electrons. The summed E-state index contributed by atoms with van der Waals surface area (Å²) in [5, 5.41) is 0. The van der Waals surface area contributed by atoms with Crippen LogP contribution >= 0.6 is 0 Å². The van der Waals surface area contributed by atoms with E-state index in [-0.39, 0.29) is 11.5 Å². The molecule has 0 spiro atoms. The Bertz CT molecular complexity index is 594. The van der Waals surface area contributed by atoms with Crippen LogP contribution in [-0.2, 0) is 6.42 Å². The minimum Gasteiger partial charge on any atom is -0.477 e. The van der Waals surface area contributed by atoms with E-state index >= 15 is 0 Å². The van der Waals surface area contributed by atoms with Crippen molar-refractivity contribution in [2.45, 2.75) is 32.6 Å². The van der Waals surface area contributed by atoms with Gasteiger partial charge in [-0.05, 0) is 30.5 Å². The summed E-state index contributed by atoms with van der Waals surface area (Å²) in [7, 11) is 0. The van der Waals surface area contributed by atoms with E-state index in [9.17, 15) is 4.79 Å². The molecule has 0 aliphatic rings. The van der Waals surface area contributed by atoms with Crippen LogP contribution in [0.1, 0.15) is 37.6 Å². The van der Waals surface area contributed by atoms with Crippen LogP contribution < -0.4 is 10.3 Å². The summed E-state index contributed by atoms with van der Waals surface area (Å²) in [4.78, 5) is 22.5. The molecule has 5 nitrogen and oxygen atoms in total. The van der Waals surface area contributed by atoms with Crippen molar-refractivity contribution in [2.75, 3.05) is 6.61 Å². The van der Waals surface area contributed by atoms with E-state index in [1.165, 1.54) is 11.6 Å². The molecule has 0 fully saturated rings. The van der Waals surface area contributed by atoms with Gasteiger partial charge in [-0.25, -0.2) is 0 Å². The number of aryl methyl sites for hydroxylation is 1. The maximum absolute atomic E-state index is 11.5. The van der Waals surface area contributed by atoms with Gasteiger partial charge >= 0.3 is 0 Å². The number of nitrogens with one attached hydrogen (secondary N) is 1. The SMILES string of the molecule is CC(C)c1nc(OCCCc2ccncc2)cc(=O)[nH]1. The molecule has 0 atom stereocenters. The number of nitrogens with zero attached hydrogens (tertiary/aromatic N) is 2. The van der Waals surface area contributed by atoms with Gasteiger partial charge in [-0.1, -0.05) is 13.8 Å². The molecule has 0 aliphatic carbocycles. The smallest absolute Gasteiger partial charge is 0.254 e. The number of rotatable bonds is 6. The zero-order valence-corrected chi connectivity index (χ0v) is 11.8. The predicted molar refractivity (Wildman–Crippen MR) is 77.0 cm³/mol. The molecule has 0 aromatic carbocycles. The first-order chi connectivity index (χ1) is 9.65. The zero-order valence-electron chi connectivity index (χ0n) is 11.8. The maximum atomic E-state index is 11.5. The minimum absolute atomic E-state index is 0.170. The molecule has 0 bridgehead atoms. The number of pyridine rings is 1. The molecular formula is C15H19N3O2. The van der Waals surface area contributed by atoms with Crippen LogP contribution in [0.5, 0.6) is 5.88 Å². The molecule has 2 rings (SSSR count). The number of ether oxygens (including phenoxy) is 1. The van der Waals surface area contributed by atoms with Crippen molar-refractivity contribution in [1.82, 2.24) is 15.0 Å². The Labute approximate surface area is 118 Å². The molecule has 20 heavy (non-hydrogen) atoms. The van der Waals surface area contributed by atoms with Crippen molar-refractivity contribution in [3.05, 3.63) is 52.3 Å². The van der Waals surface area contributed by atoms with Gasteiger partial charge in [0.25, 0.3) is 5.56 Å². The highest BCUT2D eigenvalue weighted by Gasteiger charge is 2.05. The van der Waals surface area contributed by atoms with Crippen molar-refractivity contribution >= 4 is 0 Å². The van der Waals surface area contributed by atoms with Gasteiger partial charge in [0.2, 0.25) is 5.88 Å². The number of hydrogen-bond acceptors (Lipinski definition) is 4. The molecule has 2 aromatic heterocycles. The average Bonchev–Trinajstić information content (AvgIpc) is 2.44. The van der Waals surface area contributed by atoms with Crippen LogP contribution in [-0.4, -0.2) is 21.6 Å². The van der Waals surface area contributed by atoms with E-state index in [4.69, 9.17) is 4.74 Å². The second-order valence-corrected chi connectivity index (χ2v) is 4.93. The molecule has 2 heterocycles. The summed E-state index contributed by atoms with van der Waals surface area (Å²) in [5.41, 5.74) is 1.05. The Hall–Kier alpha value is -2.17. The van der Waals surface area contributed by atoms with Crippen molar-refractivity contribution in [3.8, 4) is 5.88 Å². The maximum Gasteiger partial charge on any atom is 0.254 e. The average molecular weight is 273 g/mol. The van der Waals surface area contributed by atoms with Gasteiger partial charge in [-0.15, -0.1) is 0 Å². The fraction of sp³-hybridized carbons (Fsp3) is 0.400. The molecule has 0 saturated heterocycles. The second-order valence-electron chi connectivity index (χ2n) is 4.93. The van der Waals surface area contributed by atoms with Crippen molar-refractivity contribution in [1.29, 1.82) is 0 Å². The quantitative estimate of drug-likeness (QED) is 0.820. The molecule has 0 amide bonds. The summed E-state index contributed by atoms with van der Waals surface area (Å²) in [5.74, 6) is 1.22. The molecule has 0 aliphatic heterocycles. The third-order valence-corrected chi connectivity index (χ3v) is 2.89. The molecule has 0 saturated carbocycles. The van der Waals surface area contributed by atoms with E-state index in [1.54, 1.807) is 12.4 Å². The van der Waals surface area contributed by atoms with Gasteiger partial charge in [0.15, 0.2) is 0 Å². The van der Waals surface area contributed by atoms with Crippen LogP contribution in [0.3, 0.4) is 0 Å². The van der Waals surface area contributed by atoms with Gasteiger partial charge in [-0.2, -0.15) is 4.98 Å². The van der Waals surface area contributed by atoms with Gasteiger partial charge in [0.1, 0.15) is 5.82 Å².